The summed E-state index contributed by atoms with van der Waals surface area (Å²) in [6, 6.07) is 4.99. The first-order chi connectivity index (χ1) is 13.3. The number of fused-ring (bicyclic) bond motifs is 1. The van der Waals surface area contributed by atoms with Gasteiger partial charge in [-0.2, -0.15) is 0 Å². The lowest BCUT2D eigenvalue weighted by atomic mass is 10.0. The van der Waals surface area contributed by atoms with Crippen LogP contribution in [0.5, 0.6) is 0 Å². The molecule has 28 heavy (non-hydrogen) atoms. The molecule has 1 aromatic carbocycles. The Morgan fingerprint density at radius 2 is 1.89 bits per heavy atom. The monoisotopic (exact) mass is 389 g/mol. The molecule has 2 amide bonds. The molecule has 0 fully saturated rings. The van der Waals surface area contributed by atoms with E-state index < -0.39 is 12.0 Å². The van der Waals surface area contributed by atoms with E-state index in [1.54, 1.807) is 11.8 Å². The van der Waals surface area contributed by atoms with Crippen LogP contribution in [0.25, 0.3) is 0 Å². The summed E-state index contributed by atoms with van der Waals surface area (Å²) in [5.41, 5.74) is 7.64. The Kier molecular flexibility index (Phi) is 7.57. The molecule has 0 saturated carbocycles. The van der Waals surface area contributed by atoms with Crippen molar-refractivity contribution in [2.45, 2.75) is 65.0 Å². The van der Waals surface area contributed by atoms with E-state index in [4.69, 9.17) is 10.8 Å². The van der Waals surface area contributed by atoms with Crippen molar-refractivity contribution in [2.75, 3.05) is 18.0 Å². The van der Waals surface area contributed by atoms with E-state index in [2.05, 4.69) is 0 Å². The number of unbranched alkanes of at least 4 members (excludes halogenated alkanes) is 2. The van der Waals surface area contributed by atoms with E-state index in [1.807, 2.05) is 32.0 Å². The molecule has 2 rings (SSSR count). The summed E-state index contributed by atoms with van der Waals surface area (Å²) >= 11 is 0. The number of amides is 2. The molecule has 0 bridgehead atoms. The molecule has 1 heterocycles. The molecule has 1 aliphatic heterocycles. The summed E-state index contributed by atoms with van der Waals surface area (Å²) in [5.74, 6) is -1.48. The van der Waals surface area contributed by atoms with Gasteiger partial charge in [0.05, 0.1) is 17.7 Å². The van der Waals surface area contributed by atoms with Gasteiger partial charge in [-0.15, -0.1) is 0 Å². The van der Waals surface area contributed by atoms with Gasteiger partial charge in [-0.3, -0.25) is 14.4 Å². The minimum atomic E-state index is -0.994. The van der Waals surface area contributed by atoms with E-state index in [9.17, 15) is 14.4 Å². The Balaban J connectivity index is 2.39. The van der Waals surface area contributed by atoms with Crippen LogP contribution in [0, 0.1) is 0 Å². The van der Waals surface area contributed by atoms with Gasteiger partial charge >= 0.3 is 5.97 Å². The van der Waals surface area contributed by atoms with E-state index in [1.165, 1.54) is 4.90 Å². The summed E-state index contributed by atoms with van der Waals surface area (Å²) in [4.78, 5) is 40.3. The summed E-state index contributed by atoms with van der Waals surface area (Å²) < 4.78 is 0. The average molecular weight is 389 g/mol. The fourth-order valence-corrected chi connectivity index (χ4v) is 3.64. The fourth-order valence-electron chi connectivity index (χ4n) is 3.64. The van der Waals surface area contributed by atoms with Gasteiger partial charge in [0.25, 0.3) is 5.91 Å². The number of nitrogens with two attached hydrogens (primary N) is 1. The largest absolute Gasteiger partial charge is 0.481 e. The highest BCUT2D eigenvalue weighted by atomic mass is 16.4. The van der Waals surface area contributed by atoms with Crippen molar-refractivity contribution in [1.82, 2.24) is 4.90 Å². The van der Waals surface area contributed by atoms with Crippen LogP contribution < -0.4 is 10.6 Å². The predicted molar refractivity (Wildman–Crippen MR) is 108 cm³/mol. The Morgan fingerprint density at radius 3 is 2.50 bits per heavy atom. The summed E-state index contributed by atoms with van der Waals surface area (Å²) in [6.45, 7) is 6.03. The summed E-state index contributed by atoms with van der Waals surface area (Å²) in [5, 5.41) is 9.12. The van der Waals surface area contributed by atoms with Gasteiger partial charge < -0.3 is 20.6 Å². The zero-order chi connectivity index (χ0) is 20.8. The first-order valence-corrected chi connectivity index (χ1v) is 9.94. The van der Waals surface area contributed by atoms with E-state index in [0.29, 0.717) is 17.8 Å². The Morgan fingerprint density at radius 1 is 1.18 bits per heavy atom. The second-order valence-corrected chi connectivity index (χ2v) is 7.69. The number of carbonyl (C=O) groups excluding carboxylic acids is 2. The Bertz CT molecular complexity index is 732. The van der Waals surface area contributed by atoms with Gasteiger partial charge in [0, 0.05) is 12.1 Å². The third-order valence-corrected chi connectivity index (χ3v) is 5.07. The minimum Gasteiger partial charge on any atom is -0.481 e. The number of aryl methyl sites for hydroxylation is 1. The van der Waals surface area contributed by atoms with Crippen molar-refractivity contribution in [3.8, 4) is 0 Å². The number of hydrogen-bond donors (Lipinski definition) is 2. The number of carbonyl (C=O) groups is 3. The van der Waals surface area contributed by atoms with E-state index in [-0.39, 0.29) is 30.8 Å². The quantitative estimate of drug-likeness (QED) is 0.631. The topological polar surface area (TPSA) is 104 Å². The third kappa shape index (κ3) is 5.10. The number of carboxylic acid groups (broad SMARTS) is 1. The third-order valence-electron chi connectivity index (χ3n) is 5.07. The van der Waals surface area contributed by atoms with Gasteiger partial charge in [-0.1, -0.05) is 12.5 Å². The van der Waals surface area contributed by atoms with Gasteiger partial charge in [-0.05, 0) is 64.3 Å². The molecule has 1 aromatic rings. The molecule has 1 aliphatic rings. The SMILES string of the molecule is CC(CC(=O)O)N1CC(=O)N(C(C)C)c2ccc(CCCCCN)cc2C1=O. The second kappa shape index (κ2) is 9.68. The standard InChI is InChI=1S/C21H31N3O4/c1-14(2)24-18-9-8-16(7-5-4-6-10-22)12-17(18)21(28)23(13-19(24)25)15(3)11-20(26)27/h8-9,12,14-15H,4-7,10-11,13,22H2,1-3H3,(H,26,27). The summed E-state index contributed by atoms with van der Waals surface area (Å²) in [6.07, 6.45) is 3.62. The molecular formula is C21H31N3O4. The molecule has 1 atom stereocenters. The molecule has 154 valence electrons. The van der Waals surface area contributed by atoms with Crippen LogP contribution in [-0.2, 0) is 16.0 Å². The molecule has 7 heteroatoms. The van der Waals surface area contributed by atoms with Crippen molar-refractivity contribution >= 4 is 23.5 Å². The van der Waals surface area contributed by atoms with Crippen molar-refractivity contribution in [2.24, 2.45) is 5.73 Å². The number of rotatable bonds is 9. The second-order valence-electron chi connectivity index (χ2n) is 7.69. The van der Waals surface area contributed by atoms with Gasteiger partial charge in [0.2, 0.25) is 5.91 Å². The van der Waals surface area contributed by atoms with Crippen LogP contribution in [0.1, 0.15) is 62.4 Å². The molecule has 1 unspecified atom stereocenters. The molecule has 0 saturated heterocycles. The predicted octanol–water partition coefficient (Wildman–Crippen LogP) is 2.42. The van der Waals surface area contributed by atoms with Gasteiger partial charge in [0.15, 0.2) is 0 Å². The van der Waals surface area contributed by atoms with Crippen LogP contribution >= 0.6 is 0 Å². The normalized spacial score (nSPS) is 15.6. The maximum Gasteiger partial charge on any atom is 0.305 e. The van der Waals surface area contributed by atoms with Gasteiger partial charge in [-0.25, -0.2) is 0 Å². The number of benzene rings is 1. The van der Waals surface area contributed by atoms with Crippen LogP contribution in [0.2, 0.25) is 0 Å². The van der Waals surface area contributed by atoms with Crippen molar-refractivity contribution < 1.29 is 19.5 Å². The number of hydrogen-bond acceptors (Lipinski definition) is 4. The van der Waals surface area contributed by atoms with Gasteiger partial charge in [0.1, 0.15) is 6.54 Å². The molecule has 0 radical (unpaired) electrons. The minimum absolute atomic E-state index is 0.107. The first-order valence-electron chi connectivity index (χ1n) is 9.94. The van der Waals surface area contributed by atoms with E-state index in [0.717, 1.165) is 31.2 Å². The fraction of sp³-hybridized carbons (Fsp3) is 0.571. The lowest BCUT2D eigenvalue weighted by Crippen LogP contribution is -2.46. The number of aliphatic carboxylic acids is 1. The van der Waals surface area contributed by atoms with Crippen LogP contribution in [-0.4, -0.2) is 53.0 Å². The molecule has 0 aliphatic carbocycles. The molecule has 0 spiro atoms. The smallest absolute Gasteiger partial charge is 0.305 e. The number of nitrogens with zero attached hydrogens (tertiary/aromatic N) is 2. The van der Waals surface area contributed by atoms with E-state index >= 15 is 0 Å². The first kappa shape index (κ1) is 21.9. The Labute approximate surface area is 166 Å². The van der Waals surface area contributed by atoms with Crippen LogP contribution in [0.4, 0.5) is 5.69 Å². The highest BCUT2D eigenvalue weighted by Gasteiger charge is 2.35. The Hall–Kier alpha value is -2.41. The maximum absolute atomic E-state index is 13.2. The highest BCUT2D eigenvalue weighted by molar-refractivity contribution is 6.10. The maximum atomic E-state index is 13.2. The van der Waals surface area contributed by atoms with Crippen molar-refractivity contribution in [1.29, 1.82) is 0 Å². The molecule has 3 N–H and O–H groups in total. The van der Waals surface area contributed by atoms with Crippen molar-refractivity contribution in [3.63, 3.8) is 0 Å². The number of carboxylic acids is 1. The lowest BCUT2D eigenvalue weighted by molar-refractivity contribution is -0.138. The highest BCUT2D eigenvalue weighted by Crippen LogP contribution is 2.30. The molecular weight excluding hydrogens is 358 g/mol. The lowest BCUT2D eigenvalue weighted by Gasteiger charge is -2.28. The van der Waals surface area contributed by atoms with Crippen LogP contribution in [0.15, 0.2) is 18.2 Å². The summed E-state index contributed by atoms with van der Waals surface area (Å²) in [7, 11) is 0. The van der Waals surface area contributed by atoms with Crippen molar-refractivity contribution in [3.05, 3.63) is 29.3 Å². The van der Waals surface area contributed by atoms with Crippen LogP contribution in [0.3, 0.4) is 0 Å². The zero-order valence-electron chi connectivity index (χ0n) is 17.0. The average Bonchev–Trinajstić information content (AvgIpc) is 2.73. The molecule has 0 aromatic heterocycles. The number of anilines is 1. The zero-order valence-corrected chi connectivity index (χ0v) is 17.0. The molecule has 7 nitrogen and oxygen atoms in total.